The molecule has 4 nitrogen and oxygen atoms in total. The van der Waals surface area contributed by atoms with E-state index in [-0.39, 0.29) is 24.7 Å². The number of aliphatic hydroxyl groups excluding tert-OH is 1. The summed E-state index contributed by atoms with van der Waals surface area (Å²) in [4.78, 5) is 10.7. The Bertz CT molecular complexity index is 143. The summed E-state index contributed by atoms with van der Waals surface area (Å²) in [5.41, 5.74) is -0.381. The Kier molecular flexibility index (Phi) is 4.85. The van der Waals surface area contributed by atoms with Crippen molar-refractivity contribution in [2.24, 2.45) is 0 Å². The lowest BCUT2D eigenvalue weighted by molar-refractivity contribution is -0.140. The zero-order chi connectivity index (χ0) is 9.61. The molecule has 0 bridgehead atoms. The van der Waals surface area contributed by atoms with Crippen molar-refractivity contribution >= 4 is 5.97 Å². The molecular formula is C8H17NO3. The van der Waals surface area contributed by atoms with Gasteiger partial charge in [0, 0.05) is 5.54 Å². The standard InChI is InChI=1S/C8H17NO3/c1-4-8(2,6-10)9-5-7(11)12-3/h9-10H,4-6H2,1-3H3. The van der Waals surface area contributed by atoms with Crippen LogP contribution in [0.5, 0.6) is 0 Å². The number of nitrogens with one attached hydrogen (secondary N) is 1. The normalized spacial score (nSPS) is 15.3. The number of methoxy groups -OCH3 is 1. The van der Waals surface area contributed by atoms with E-state index in [2.05, 4.69) is 10.1 Å². The van der Waals surface area contributed by atoms with Crippen molar-refractivity contribution in [2.45, 2.75) is 25.8 Å². The number of rotatable bonds is 5. The number of ether oxygens (including phenoxy) is 1. The molecule has 0 rings (SSSR count). The number of aliphatic hydroxyl groups is 1. The Balaban J connectivity index is 3.80. The van der Waals surface area contributed by atoms with Crippen molar-refractivity contribution in [3.05, 3.63) is 0 Å². The highest BCUT2D eigenvalue weighted by atomic mass is 16.5. The molecule has 12 heavy (non-hydrogen) atoms. The first kappa shape index (κ1) is 11.4. The van der Waals surface area contributed by atoms with Crippen molar-refractivity contribution < 1.29 is 14.6 Å². The summed E-state index contributed by atoms with van der Waals surface area (Å²) in [5.74, 6) is -0.317. The Morgan fingerprint density at radius 3 is 2.58 bits per heavy atom. The average molecular weight is 175 g/mol. The lowest BCUT2D eigenvalue weighted by Crippen LogP contribution is -2.47. The van der Waals surface area contributed by atoms with Gasteiger partial charge in [-0.25, -0.2) is 0 Å². The second-order valence-electron chi connectivity index (χ2n) is 3.00. The van der Waals surface area contributed by atoms with Crippen LogP contribution < -0.4 is 5.32 Å². The van der Waals surface area contributed by atoms with Gasteiger partial charge in [0.2, 0.25) is 0 Å². The average Bonchev–Trinajstić information content (AvgIpc) is 2.13. The Hall–Kier alpha value is -0.610. The van der Waals surface area contributed by atoms with Gasteiger partial charge in [0.15, 0.2) is 0 Å². The number of hydrogen-bond donors (Lipinski definition) is 2. The van der Waals surface area contributed by atoms with Crippen molar-refractivity contribution in [2.75, 3.05) is 20.3 Å². The molecule has 72 valence electrons. The molecule has 0 heterocycles. The predicted molar refractivity (Wildman–Crippen MR) is 45.8 cm³/mol. The Morgan fingerprint density at radius 1 is 1.67 bits per heavy atom. The summed E-state index contributed by atoms with van der Waals surface area (Å²) in [6.45, 7) is 3.96. The fourth-order valence-corrected chi connectivity index (χ4v) is 0.650. The number of hydrogen-bond acceptors (Lipinski definition) is 4. The third-order valence-electron chi connectivity index (χ3n) is 2.02. The molecule has 1 unspecified atom stereocenters. The molecule has 2 N–H and O–H groups in total. The summed E-state index contributed by atoms with van der Waals surface area (Å²) < 4.78 is 4.45. The van der Waals surface area contributed by atoms with Crippen LogP contribution in [0.3, 0.4) is 0 Å². The van der Waals surface area contributed by atoms with E-state index in [9.17, 15) is 4.79 Å². The van der Waals surface area contributed by atoms with Crippen molar-refractivity contribution in [3.63, 3.8) is 0 Å². The van der Waals surface area contributed by atoms with Gasteiger partial charge in [0.25, 0.3) is 0 Å². The molecule has 0 aromatic rings. The van der Waals surface area contributed by atoms with E-state index in [1.165, 1.54) is 7.11 Å². The molecule has 4 heteroatoms. The minimum Gasteiger partial charge on any atom is -0.468 e. The third kappa shape index (κ3) is 3.69. The molecule has 0 saturated heterocycles. The largest absolute Gasteiger partial charge is 0.468 e. The van der Waals surface area contributed by atoms with Crippen LogP contribution in [-0.2, 0) is 9.53 Å². The minimum absolute atomic E-state index is 0.0144. The van der Waals surface area contributed by atoms with E-state index in [4.69, 9.17) is 5.11 Å². The maximum absolute atomic E-state index is 10.7. The monoisotopic (exact) mass is 175 g/mol. The van der Waals surface area contributed by atoms with E-state index in [1.54, 1.807) is 0 Å². The van der Waals surface area contributed by atoms with Gasteiger partial charge in [-0.05, 0) is 13.3 Å². The molecule has 0 aromatic heterocycles. The molecule has 0 saturated carbocycles. The molecule has 0 radical (unpaired) electrons. The van der Waals surface area contributed by atoms with Gasteiger partial charge >= 0.3 is 5.97 Å². The van der Waals surface area contributed by atoms with Gasteiger partial charge in [-0.2, -0.15) is 0 Å². The quantitative estimate of drug-likeness (QED) is 0.573. The summed E-state index contributed by atoms with van der Waals surface area (Å²) in [7, 11) is 1.34. The fourth-order valence-electron chi connectivity index (χ4n) is 0.650. The molecule has 0 aliphatic carbocycles. The molecule has 0 aromatic carbocycles. The number of carbonyl (C=O) groups is 1. The third-order valence-corrected chi connectivity index (χ3v) is 2.02. The maximum Gasteiger partial charge on any atom is 0.319 e. The van der Waals surface area contributed by atoms with Gasteiger partial charge < -0.3 is 9.84 Å². The van der Waals surface area contributed by atoms with Crippen LogP contribution in [0, 0.1) is 0 Å². The van der Waals surface area contributed by atoms with Crippen LogP contribution in [0.4, 0.5) is 0 Å². The first-order valence-corrected chi connectivity index (χ1v) is 4.00. The molecule has 0 aliphatic heterocycles. The van der Waals surface area contributed by atoms with Crippen LogP contribution in [-0.4, -0.2) is 36.9 Å². The molecule has 1 atom stereocenters. The van der Waals surface area contributed by atoms with E-state index >= 15 is 0 Å². The van der Waals surface area contributed by atoms with Gasteiger partial charge in [0.05, 0.1) is 20.3 Å². The molecule has 0 fully saturated rings. The second kappa shape index (κ2) is 5.11. The first-order chi connectivity index (χ1) is 5.58. The lowest BCUT2D eigenvalue weighted by Gasteiger charge is -2.26. The van der Waals surface area contributed by atoms with E-state index in [1.807, 2.05) is 13.8 Å². The Labute approximate surface area is 72.9 Å². The van der Waals surface area contributed by atoms with Gasteiger partial charge in [-0.1, -0.05) is 6.92 Å². The second-order valence-corrected chi connectivity index (χ2v) is 3.00. The van der Waals surface area contributed by atoms with Crippen LogP contribution >= 0.6 is 0 Å². The van der Waals surface area contributed by atoms with Crippen molar-refractivity contribution in [1.82, 2.24) is 5.32 Å². The molecule has 0 spiro atoms. The molecular weight excluding hydrogens is 158 g/mol. The highest BCUT2D eigenvalue weighted by molar-refractivity contribution is 5.71. The predicted octanol–water partition coefficient (Wildman–Crippen LogP) is -0.0900. The SMILES string of the molecule is CCC(C)(CO)NCC(=O)OC. The summed E-state index contributed by atoms with van der Waals surface area (Å²) >= 11 is 0. The van der Waals surface area contributed by atoms with E-state index in [0.29, 0.717) is 0 Å². The number of esters is 1. The highest BCUT2D eigenvalue weighted by Crippen LogP contribution is 2.06. The van der Waals surface area contributed by atoms with Gasteiger partial charge in [0.1, 0.15) is 0 Å². The van der Waals surface area contributed by atoms with Crippen molar-refractivity contribution in [1.29, 1.82) is 0 Å². The smallest absolute Gasteiger partial charge is 0.319 e. The van der Waals surface area contributed by atoms with Gasteiger partial charge in [-0.15, -0.1) is 0 Å². The van der Waals surface area contributed by atoms with E-state index in [0.717, 1.165) is 6.42 Å². The maximum atomic E-state index is 10.7. The zero-order valence-corrected chi connectivity index (χ0v) is 7.89. The van der Waals surface area contributed by atoms with E-state index < -0.39 is 0 Å². The van der Waals surface area contributed by atoms with Gasteiger partial charge in [-0.3, -0.25) is 10.1 Å². The zero-order valence-electron chi connectivity index (χ0n) is 7.89. The van der Waals surface area contributed by atoms with Crippen LogP contribution in [0.15, 0.2) is 0 Å². The first-order valence-electron chi connectivity index (χ1n) is 4.00. The fraction of sp³-hybridized carbons (Fsp3) is 0.875. The summed E-state index contributed by atoms with van der Waals surface area (Å²) in [6, 6.07) is 0. The molecule has 0 aliphatic rings. The van der Waals surface area contributed by atoms with Crippen LogP contribution in [0.2, 0.25) is 0 Å². The van der Waals surface area contributed by atoms with Crippen LogP contribution in [0.25, 0.3) is 0 Å². The number of carbonyl (C=O) groups excluding carboxylic acids is 1. The minimum atomic E-state index is -0.381. The lowest BCUT2D eigenvalue weighted by atomic mass is 10.0. The summed E-state index contributed by atoms with van der Waals surface area (Å²) in [5, 5.41) is 11.9. The van der Waals surface area contributed by atoms with Crippen molar-refractivity contribution in [3.8, 4) is 0 Å². The van der Waals surface area contributed by atoms with Crippen LogP contribution in [0.1, 0.15) is 20.3 Å². The topological polar surface area (TPSA) is 58.6 Å². The Morgan fingerprint density at radius 2 is 2.25 bits per heavy atom. The molecule has 0 amide bonds. The highest BCUT2D eigenvalue weighted by Gasteiger charge is 2.20. The summed E-state index contributed by atoms with van der Waals surface area (Å²) in [6.07, 6.45) is 0.764.